The molecular weight excluding hydrogens is 256 g/mol. The summed E-state index contributed by atoms with van der Waals surface area (Å²) in [6.07, 6.45) is 1.06. The second-order valence-corrected chi connectivity index (χ2v) is 6.32. The first-order valence-corrected chi connectivity index (χ1v) is 7.70. The van der Waals surface area contributed by atoms with Gasteiger partial charge in [-0.3, -0.25) is 4.90 Å². The van der Waals surface area contributed by atoms with E-state index in [0.717, 1.165) is 31.7 Å². The fourth-order valence-electron chi connectivity index (χ4n) is 3.52. The van der Waals surface area contributed by atoms with Gasteiger partial charge in [-0.15, -0.1) is 0 Å². The molecule has 1 aliphatic heterocycles. The minimum Gasteiger partial charge on any atom is -0.398 e. The Morgan fingerprint density at radius 2 is 1.81 bits per heavy atom. The topological polar surface area (TPSA) is 29.3 Å². The fourth-order valence-corrected chi connectivity index (χ4v) is 3.52. The molecule has 0 radical (unpaired) electrons. The highest BCUT2D eigenvalue weighted by Crippen LogP contribution is 2.26. The first-order chi connectivity index (χ1) is 10.0. The largest absolute Gasteiger partial charge is 0.398 e. The third-order valence-corrected chi connectivity index (χ3v) is 4.60. The minimum absolute atomic E-state index is 0.954. The highest BCUT2D eigenvalue weighted by Gasteiger charge is 2.19. The van der Waals surface area contributed by atoms with Gasteiger partial charge in [-0.1, -0.05) is 29.8 Å². The average molecular weight is 280 g/mol. The summed E-state index contributed by atoms with van der Waals surface area (Å²) in [5.74, 6) is 0. The molecule has 0 atom stereocenters. The van der Waals surface area contributed by atoms with E-state index in [1.807, 2.05) is 6.07 Å². The van der Waals surface area contributed by atoms with Gasteiger partial charge < -0.3 is 5.73 Å². The lowest BCUT2D eigenvalue weighted by Gasteiger charge is -2.30. The molecule has 1 heterocycles. The van der Waals surface area contributed by atoms with Crippen LogP contribution in [0.5, 0.6) is 0 Å². The van der Waals surface area contributed by atoms with Gasteiger partial charge in [-0.25, -0.2) is 0 Å². The summed E-state index contributed by atoms with van der Waals surface area (Å²) in [5, 5.41) is 0. The van der Waals surface area contributed by atoms with Crippen LogP contribution in [0.1, 0.15) is 33.4 Å². The molecule has 21 heavy (non-hydrogen) atoms. The Morgan fingerprint density at radius 1 is 1.10 bits per heavy atom. The molecule has 2 aromatic carbocycles. The van der Waals surface area contributed by atoms with Crippen molar-refractivity contribution in [2.75, 3.05) is 12.3 Å². The molecule has 2 N–H and O–H groups in total. The normalized spacial score (nSPS) is 15.0. The summed E-state index contributed by atoms with van der Waals surface area (Å²) in [4.78, 5) is 2.53. The zero-order valence-corrected chi connectivity index (χ0v) is 13.2. The quantitative estimate of drug-likeness (QED) is 0.849. The maximum Gasteiger partial charge on any atom is 0.0350 e. The lowest BCUT2D eigenvalue weighted by Crippen LogP contribution is -2.31. The zero-order chi connectivity index (χ0) is 15.0. The SMILES string of the molecule is Cc1cc(C)c(CN2CCc3c(N)cccc3C2)c(C)c1. The van der Waals surface area contributed by atoms with Gasteiger partial charge in [-0.2, -0.15) is 0 Å². The maximum absolute atomic E-state index is 6.09. The zero-order valence-electron chi connectivity index (χ0n) is 13.2. The highest BCUT2D eigenvalue weighted by molar-refractivity contribution is 5.52. The summed E-state index contributed by atoms with van der Waals surface area (Å²) < 4.78 is 0. The van der Waals surface area contributed by atoms with Crippen LogP contribution >= 0.6 is 0 Å². The average Bonchev–Trinajstić information content (AvgIpc) is 2.43. The lowest BCUT2D eigenvalue weighted by molar-refractivity contribution is 0.245. The van der Waals surface area contributed by atoms with Crippen LogP contribution in [0.2, 0.25) is 0 Å². The van der Waals surface area contributed by atoms with Crippen molar-refractivity contribution >= 4 is 5.69 Å². The number of rotatable bonds is 2. The molecular formula is C19H24N2. The molecule has 0 bridgehead atoms. The summed E-state index contributed by atoms with van der Waals surface area (Å²) >= 11 is 0. The van der Waals surface area contributed by atoms with Gasteiger partial charge >= 0.3 is 0 Å². The van der Waals surface area contributed by atoms with E-state index in [4.69, 9.17) is 5.73 Å². The standard InChI is InChI=1S/C19H24N2/c1-13-9-14(2)18(15(3)10-13)12-21-8-7-17-16(11-21)5-4-6-19(17)20/h4-6,9-10H,7-8,11-12,20H2,1-3H3. The fraction of sp³-hybridized carbons (Fsp3) is 0.368. The third kappa shape index (κ3) is 2.81. The van der Waals surface area contributed by atoms with Crippen LogP contribution in [0.4, 0.5) is 5.69 Å². The molecule has 1 aliphatic rings. The number of hydrogen-bond acceptors (Lipinski definition) is 2. The molecule has 0 spiro atoms. The number of nitrogens with zero attached hydrogens (tertiary/aromatic N) is 1. The molecule has 2 heteroatoms. The monoisotopic (exact) mass is 280 g/mol. The number of benzene rings is 2. The van der Waals surface area contributed by atoms with Crippen LogP contribution < -0.4 is 5.73 Å². The third-order valence-electron chi connectivity index (χ3n) is 4.60. The Labute approximate surface area is 127 Å². The molecule has 0 saturated carbocycles. The molecule has 0 aliphatic carbocycles. The Bertz CT molecular complexity index is 650. The summed E-state index contributed by atoms with van der Waals surface area (Å²) in [6.45, 7) is 9.76. The van der Waals surface area contributed by atoms with Crippen LogP contribution in [0.15, 0.2) is 30.3 Å². The van der Waals surface area contributed by atoms with E-state index in [0.29, 0.717) is 0 Å². The number of nitrogens with two attached hydrogens (primary N) is 1. The van der Waals surface area contributed by atoms with E-state index in [-0.39, 0.29) is 0 Å². The predicted octanol–water partition coefficient (Wildman–Crippen LogP) is 3.75. The van der Waals surface area contributed by atoms with Crippen molar-refractivity contribution in [3.05, 3.63) is 63.7 Å². The van der Waals surface area contributed by atoms with Crippen LogP contribution in [0, 0.1) is 20.8 Å². The van der Waals surface area contributed by atoms with Crippen molar-refractivity contribution in [2.45, 2.75) is 40.3 Å². The van der Waals surface area contributed by atoms with E-state index < -0.39 is 0 Å². The maximum atomic E-state index is 6.09. The molecule has 0 amide bonds. The van der Waals surface area contributed by atoms with Crippen LogP contribution in [-0.4, -0.2) is 11.4 Å². The summed E-state index contributed by atoms with van der Waals surface area (Å²) in [7, 11) is 0. The molecule has 0 fully saturated rings. The van der Waals surface area contributed by atoms with Crippen LogP contribution in [0.25, 0.3) is 0 Å². The van der Waals surface area contributed by atoms with E-state index in [1.54, 1.807) is 0 Å². The van der Waals surface area contributed by atoms with Crippen LogP contribution in [0.3, 0.4) is 0 Å². The van der Waals surface area contributed by atoms with Gasteiger partial charge in [0, 0.05) is 25.3 Å². The van der Waals surface area contributed by atoms with Crippen molar-refractivity contribution in [1.82, 2.24) is 4.90 Å². The second-order valence-electron chi connectivity index (χ2n) is 6.32. The van der Waals surface area contributed by atoms with Crippen molar-refractivity contribution < 1.29 is 0 Å². The first-order valence-electron chi connectivity index (χ1n) is 7.70. The Balaban J connectivity index is 1.82. The Morgan fingerprint density at radius 3 is 2.52 bits per heavy atom. The number of aryl methyl sites for hydroxylation is 3. The molecule has 0 saturated heterocycles. The minimum atomic E-state index is 0.954. The van der Waals surface area contributed by atoms with Crippen molar-refractivity contribution in [2.24, 2.45) is 0 Å². The van der Waals surface area contributed by atoms with Gasteiger partial charge in [0.05, 0.1) is 0 Å². The van der Waals surface area contributed by atoms with Gasteiger partial charge in [0.2, 0.25) is 0 Å². The summed E-state index contributed by atoms with van der Waals surface area (Å²) in [5.41, 5.74) is 15.4. The van der Waals surface area contributed by atoms with Crippen molar-refractivity contribution in [3.63, 3.8) is 0 Å². The summed E-state index contributed by atoms with van der Waals surface area (Å²) in [6, 6.07) is 10.9. The van der Waals surface area contributed by atoms with E-state index in [2.05, 4.69) is 49.9 Å². The smallest absolute Gasteiger partial charge is 0.0350 e. The van der Waals surface area contributed by atoms with E-state index in [9.17, 15) is 0 Å². The molecule has 3 rings (SSSR count). The van der Waals surface area contributed by atoms with Gasteiger partial charge in [-0.05, 0) is 61.1 Å². The van der Waals surface area contributed by atoms with Gasteiger partial charge in [0.1, 0.15) is 0 Å². The molecule has 0 aromatic heterocycles. The second kappa shape index (κ2) is 5.53. The van der Waals surface area contributed by atoms with Crippen molar-refractivity contribution in [3.8, 4) is 0 Å². The first kappa shape index (κ1) is 14.2. The number of nitrogen functional groups attached to an aromatic ring is 1. The number of fused-ring (bicyclic) bond motifs is 1. The van der Waals surface area contributed by atoms with Crippen molar-refractivity contribution in [1.29, 1.82) is 0 Å². The molecule has 2 nitrogen and oxygen atoms in total. The molecule has 2 aromatic rings. The number of anilines is 1. The molecule has 110 valence electrons. The van der Waals surface area contributed by atoms with Gasteiger partial charge in [0.15, 0.2) is 0 Å². The molecule has 0 unspecified atom stereocenters. The lowest BCUT2D eigenvalue weighted by atomic mass is 9.95. The number of hydrogen-bond donors (Lipinski definition) is 1. The van der Waals surface area contributed by atoms with Gasteiger partial charge in [0.25, 0.3) is 0 Å². The highest BCUT2D eigenvalue weighted by atomic mass is 15.1. The predicted molar refractivity (Wildman–Crippen MR) is 89.3 cm³/mol. The van der Waals surface area contributed by atoms with E-state index in [1.165, 1.54) is 33.4 Å². The van der Waals surface area contributed by atoms with Crippen LogP contribution in [-0.2, 0) is 19.5 Å². The van der Waals surface area contributed by atoms with E-state index >= 15 is 0 Å². The Kier molecular flexibility index (Phi) is 3.73. The Hall–Kier alpha value is -1.80.